The molecule has 2 nitrogen and oxygen atoms in total. The highest BCUT2D eigenvalue weighted by Gasteiger charge is 2.26. The Morgan fingerprint density at radius 3 is 2.44 bits per heavy atom. The SMILES string of the molecule is C=CC1CCC(c2ccc(-c3ccc(OC)cc3F)c(F)c2F)CO1. The number of benzene rings is 2. The molecule has 2 aromatic rings. The molecule has 3 rings (SSSR count). The van der Waals surface area contributed by atoms with Gasteiger partial charge in [0.15, 0.2) is 11.6 Å². The zero-order valence-electron chi connectivity index (χ0n) is 13.9. The molecule has 132 valence electrons. The van der Waals surface area contributed by atoms with E-state index in [0.717, 1.165) is 6.07 Å². The van der Waals surface area contributed by atoms with Crippen molar-refractivity contribution in [2.24, 2.45) is 0 Å². The van der Waals surface area contributed by atoms with Crippen molar-refractivity contribution in [1.82, 2.24) is 0 Å². The first-order valence-corrected chi connectivity index (χ1v) is 8.11. The average Bonchev–Trinajstić information content (AvgIpc) is 2.64. The van der Waals surface area contributed by atoms with Gasteiger partial charge in [0.25, 0.3) is 0 Å². The topological polar surface area (TPSA) is 18.5 Å². The molecule has 0 radical (unpaired) electrons. The standard InChI is InChI=1S/C20H19F3O2/c1-3-13-5-4-12(11-25-13)15-8-9-17(20(23)19(15)22)16-7-6-14(24-2)10-18(16)21/h3,6-10,12-13H,1,4-5,11H2,2H3. The zero-order valence-corrected chi connectivity index (χ0v) is 13.9. The molecule has 0 bridgehead atoms. The van der Waals surface area contributed by atoms with E-state index in [1.165, 1.54) is 31.4 Å². The third-order valence-electron chi connectivity index (χ3n) is 4.59. The van der Waals surface area contributed by atoms with Gasteiger partial charge in [0.1, 0.15) is 11.6 Å². The first-order chi connectivity index (χ1) is 12.0. The van der Waals surface area contributed by atoms with Gasteiger partial charge in [0.05, 0.1) is 19.8 Å². The lowest BCUT2D eigenvalue weighted by Crippen LogP contribution is -2.23. The Labute approximate surface area is 144 Å². The average molecular weight is 348 g/mol. The van der Waals surface area contributed by atoms with Crippen molar-refractivity contribution in [3.63, 3.8) is 0 Å². The fourth-order valence-electron chi connectivity index (χ4n) is 3.13. The van der Waals surface area contributed by atoms with Crippen molar-refractivity contribution in [3.05, 3.63) is 66.0 Å². The summed E-state index contributed by atoms with van der Waals surface area (Å²) >= 11 is 0. The van der Waals surface area contributed by atoms with Crippen LogP contribution < -0.4 is 4.74 Å². The summed E-state index contributed by atoms with van der Waals surface area (Å²) in [5.41, 5.74) is 0.148. The second kappa shape index (κ2) is 7.31. The largest absolute Gasteiger partial charge is 0.497 e. The van der Waals surface area contributed by atoms with Crippen LogP contribution in [0.15, 0.2) is 43.0 Å². The van der Waals surface area contributed by atoms with E-state index in [-0.39, 0.29) is 28.7 Å². The van der Waals surface area contributed by atoms with Gasteiger partial charge >= 0.3 is 0 Å². The van der Waals surface area contributed by atoms with Crippen LogP contribution in [0, 0.1) is 17.5 Å². The maximum absolute atomic E-state index is 14.6. The number of rotatable bonds is 4. The van der Waals surface area contributed by atoms with Crippen LogP contribution in [0.2, 0.25) is 0 Å². The summed E-state index contributed by atoms with van der Waals surface area (Å²) in [4.78, 5) is 0. The molecule has 0 amide bonds. The number of hydrogen-bond donors (Lipinski definition) is 0. The van der Waals surface area contributed by atoms with E-state index in [1.54, 1.807) is 6.08 Å². The quantitative estimate of drug-likeness (QED) is 0.705. The van der Waals surface area contributed by atoms with Crippen LogP contribution >= 0.6 is 0 Å². The molecule has 2 unspecified atom stereocenters. The van der Waals surface area contributed by atoms with Gasteiger partial charge < -0.3 is 9.47 Å². The minimum absolute atomic E-state index is 0.00429. The lowest BCUT2D eigenvalue weighted by atomic mass is 9.89. The minimum Gasteiger partial charge on any atom is -0.497 e. The monoisotopic (exact) mass is 348 g/mol. The Morgan fingerprint density at radius 1 is 1.08 bits per heavy atom. The Morgan fingerprint density at radius 2 is 1.84 bits per heavy atom. The number of halogens is 3. The predicted molar refractivity (Wildman–Crippen MR) is 90.2 cm³/mol. The maximum atomic E-state index is 14.6. The van der Waals surface area contributed by atoms with Crippen molar-refractivity contribution in [2.45, 2.75) is 24.9 Å². The first kappa shape index (κ1) is 17.5. The lowest BCUT2D eigenvalue weighted by Gasteiger charge is -2.28. The lowest BCUT2D eigenvalue weighted by molar-refractivity contribution is 0.0320. The molecular weight excluding hydrogens is 329 g/mol. The van der Waals surface area contributed by atoms with E-state index in [4.69, 9.17) is 9.47 Å². The number of hydrogen-bond acceptors (Lipinski definition) is 2. The molecule has 2 aromatic carbocycles. The van der Waals surface area contributed by atoms with Crippen LogP contribution in [-0.2, 0) is 4.74 Å². The van der Waals surface area contributed by atoms with E-state index in [9.17, 15) is 13.2 Å². The molecule has 1 saturated heterocycles. The Kier molecular flexibility index (Phi) is 5.13. The minimum atomic E-state index is -1.05. The molecule has 1 fully saturated rings. The highest BCUT2D eigenvalue weighted by molar-refractivity contribution is 5.66. The summed E-state index contributed by atoms with van der Waals surface area (Å²) in [6.45, 7) is 3.98. The second-order valence-electron chi connectivity index (χ2n) is 6.06. The van der Waals surface area contributed by atoms with E-state index in [2.05, 4.69) is 6.58 Å². The van der Waals surface area contributed by atoms with Crippen LogP contribution in [0.25, 0.3) is 11.1 Å². The smallest absolute Gasteiger partial charge is 0.167 e. The molecule has 5 heteroatoms. The highest BCUT2D eigenvalue weighted by Crippen LogP contribution is 2.35. The molecule has 0 saturated carbocycles. The molecule has 0 N–H and O–H groups in total. The third kappa shape index (κ3) is 3.42. The molecule has 25 heavy (non-hydrogen) atoms. The Balaban J connectivity index is 1.92. The summed E-state index contributed by atoms with van der Waals surface area (Å²) in [6.07, 6.45) is 3.06. The molecular formula is C20H19F3O2. The fraction of sp³-hybridized carbons (Fsp3) is 0.300. The van der Waals surface area contributed by atoms with Crippen molar-refractivity contribution in [3.8, 4) is 16.9 Å². The van der Waals surface area contributed by atoms with Gasteiger partial charge in [-0.25, -0.2) is 13.2 Å². The Bertz CT molecular complexity index is 781. The van der Waals surface area contributed by atoms with Gasteiger partial charge in [-0.05, 0) is 30.5 Å². The third-order valence-corrected chi connectivity index (χ3v) is 4.59. The fourth-order valence-corrected chi connectivity index (χ4v) is 3.13. The molecule has 1 aliphatic rings. The van der Waals surface area contributed by atoms with Gasteiger partial charge in [-0.3, -0.25) is 0 Å². The highest BCUT2D eigenvalue weighted by atomic mass is 19.2. The van der Waals surface area contributed by atoms with E-state index in [1.807, 2.05) is 0 Å². The molecule has 1 aliphatic heterocycles. The van der Waals surface area contributed by atoms with Gasteiger partial charge in [-0.1, -0.05) is 18.2 Å². The van der Waals surface area contributed by atoms with Crippen molar-refractivity contribution in [1.29, 1.82) is 0 Å². The van der Waals surface area contributed by atoms with Crippen molar-refractivity contribution >= 4 is 0 Å². The van der Waals surface area contributed by atoms with Crippen LogP contribution in [0.5, 0.6) is 5.75 Å². The molecule has 2 atom stereocenters. The van der Waals surface area contributed by atoms with Crippen molar-refractivity contribution in [2.75, 3.05) is 13.7 Å². The van der Waals surface area contributed by atoms with Crippen LogP contribution in [0.1, 0.15) is 24.3 Å². The van der Waals surface area contributed by atoms with E-state index in [0.29, 0.717) is 25.2 Å². The summed E-state index contributed by atoms with van der Waals surface area (Å²) in [5.74, 6) is -2.57. The number of ether oxygens (including phenoxy) is 2. The second-order valence-corrected chi connectivity index (χ2v) is 6.06. The van der Waals surface area contributed by atoms with Gasteiger partial charge in [-0.15, -0.1) is 6.58 Å². The normalized spacial score (nSPS) is 20.3. The molecule has 1 heterocycles. The Hall–Kier alpha value is -2.27. The van der Waals surface area contributed by atoms with Gasteiger partial charge in [0, 0.05) is 23.1 Å². The molecule has 0 spiro atoms. The first-order valence-electron chi connectivity index (χ1n) is 8.11. The summed E-state index contributed by atoms with van der Waals surface area (Å²) < 4.78 is 53.8. The van der Waals surface area contributed by atoms with E-state index < -0.39 is 17.5 Å². The van der Waals surface area contributed by atoms with Crippen LogP contribution in [-0.4, -0.2) is 19.8 Å². The van der Waals surface area contributed by atoms with E-state index >= 15 is 0 Å². The van der Waals surface area contributed by atoms with Crippen molar-refractivity contribution < 1.29 is 22.6 Å². The van der Waals surface area contributed by atoms with Crippen LogP contribution in [0.3, 0.4) is 0 Å². The number of methoxy groups -OCH3 is 1. The summed E-state index contributed by atoms with van der Waals surface area (Å²) in [7, 11) is 1.41. The predicted octanol–water partition coefficient (Wildman–Crippen LogP) is 5.23. The molecule has 0 aliphatic carbocycles. The summed E-state index contributed by atoms with van der Waals surface area (Å²) in [6, 6.07) is 6.96. The van der Waals surface area contributed by atoms with Crippen LogP contribution in [0.4, 0.5) is 13.2 Å². The zero-order chi connectivity index (χ0) is 18.0. The van der Waals surface area contributed by atoms with Gasteiger partial charge in [0.2, 0.25) is 0 Å². The van der Waals surface area contributed by atoms with Gasteiger partial charge in [-0.2, -0.15) is 0 Å². The molecule has 0 aromatic heterocycles. The summed E-state index contributed by atoms with van der Waals surface area (Å²) in [5, 5.41) is 0. The maximum Gasteiger partial charge on any atom is 0.167 e.